The van der Waals surface area contributed by atoms with Crippen molar-refractivity contribution in [3.05, 3.63) is 70.1 Å². The molecule has 1 radical (unpaired) electrons. The number of ether oxygens (including phenoxy) is 2. The second kappa shape index (κ2) is 7.85. The van der Waals surface area contributed by atoms with E-state index in [2.05, 4.69) is 65.8 Å². The van der Waals surface area contributed by atoms with Crippen LogP contribution >= 0.6 is 0 Å². The standard InChI is InChI=1S/C22H29O2/c1-14(2)20-11-19(8-9-22(20)24-13-23-7)12-21-16(4)10-15(3)17(5)18(21)6/h8-11,14H,3,12-13H2,1-2,4-7H3. The Labute approximate surface area is 146 Å². The zero-order valence-electron chi connectivity index (χ0n) is 15.8. The second-order valence-corrected chi connectivity index (χ2v) is 6.84. The van der Waals surface area contributed by atoms with E-state index >= 15 is 0 Å². The summed E-state index contributed by atoms with van der Waals surface area (Å²) in [4.78, 5) is 0. The van der Waals surface area contributed by atoms with Gasteiger partial charge in [-0.25, -0.2) is 0 Å². The molecule has 0 spiro atoms. The maximum Gasteiger partial charge on any atom is 0.188 e. The first kappa shape index (κ1) is 18.5. The molecule has 2 heteroatoms. The summed E-state index contributed by atoms with van der Waals surface area (Å²) in [5, 5.41) is 0. The zero-order chi connectivity index (χ0) is 17.9. The molecule has 2 nitrogen and oxygen atoms in total. The van der Waals surface area contributed by atoms with Gasteiger partial charge in [0.25, 0.3) is 0 Å². The molecule has 0 bridgehead atoms. The predicted molar refractivity (Wildman–Crippen MR) is 101 cm³/mol. The van der Waals surface area contributed by atoms with Crippen molar-refractivity contribution in [3.8, 4) is 5.75 Å². The van der Waals surface area contributed by atoms with Crippen molar-refractivity contribution in [3.63, 3.8) is 0 Å². The number of aryl methyl sites for hydroxylation is 1. The first-order valence-corrected chi connectivity index (χ1v) is 8.51. The van der Waals surface area contributed by atoms with Crippen LogP contribution in [0.4, 0.5) is 0 Å². The van der Waals surface area contributed by atoms with Gasteiger partial charge in [-0.05, 0) is 85.0 Å². The van der Waals surface area contributed by atoms with Gasteiger partial charge in [0.2, 0.25) is 0 Å². The molecule has 2 rings (SSSR count). The maximum atomic E-state index is 5.70. The van der Waals surface area contributed by atoms with Crippen molar-refractivity contribution >= 4 is 0 Å². The molecule has 0 aliphatic carbocycles. The van der Waals surface area contributed by atoms with Crippen LogP contribution in [-0.4, -0.2) is 13.9 Å². The number of hydrogen-bond donors (Lipinski definition) is 0. The van der Waals surface area contributed by atoms with Crippen LogP contribution in [0.1, 0.15) is 58.7 Å². The molecule has 0 heterocycles. The molecule has 2 aromatic carbocycles. The Morgan fingerprint density at radius 3 is 2.38 bits per heavy atom. The molecule has 2 aromatic rings. The molecule has 0 saturated carbocycles. The monoisotopic (exact) mass is 325 g/mol. The topological polar surface area (TPSA) is 18.5 Å². The quantitative estimate of drug-likeness (QED) is 0.654. The molecule has 0 unspecified atom stereocenters. The first-order chi connectivity index (χ1) is 11.3. The SMILES string of the molecule is [CH2]c1cc(C)c(Cc2ccc(OCOC)c(C(C)C)c2)c(C)c1C. The van der Waals surface area contributed by atoms with E-state index in [9.17, 15) is 0 Å². The maximum absolute atomic E-state index is 5.70. The highest BCUT2D eigenvalue weighted by atomic mass is 16.7. The molecule has 129 valence electrons. The fraction of sp³-hybridized carbons (Fsp3) is 0.409. The molecule has 0 aromatic heterocycles. The van der Waals surface area contributed by atoms with Gasteiger partial charge >= 0.3 is 0 Å². The summed E-state index contributed by atoms with van der Waals surface area (Å²) in [6, 6.07) is 8.68. The van der Waals surface area contributed by atoms with E-state index in [1.807, 2.05) is 0 Å². The Balaban J connectivity index is 2.37. The van der Waals surface area contributed by atoms with E-state index < -0.39 is 0 Å². The van der Waals surface area contributed by atoms with Crippen LogP contribution in [0.25, 0.3) is 0 Å². The van der Waals surface area contributed by atoms with Crippen LogP contribution in [0.3, 0.4) is 0 Å². The predicted octanol–water partition coefficient (Wildman–Crippen LogP) is 5.49. The molecule has 24 heavy (non-hydrogen) atoms. The lowest BCUT2D eigenvalue weighted by Crippen LogP contribution is -2.04. The third-order valence-electron chi connectivity index (χ3n) is 4.77. The summed E-state index contributed by atoms with van der Waals surface area (Å²) < 4.78 is 10.7. The largest absolute Gasteiger partial charge is 0.467 e. The van der Waals surface area contributed by atoms with Gasteiger partial charge in [-0.15, -0.1) is 0 Å². The first-order valence-electron chi connectivity index (χ1n) is 8.51. The molecule has 0 saturated heterocycles. The third-order valence-corrected chi connectivity index (χ3v) is 4.77. The Morgan fingerprint density at radius 2 is 1.75 bits per heavy atom. The van der Waals surface area contributed by atoms with Gasteiger partial charge < -0.3 is 9.47 Å². The fourth-order valence-electron chi connectivity index (χ4n) is 3.11. The van der Waals surface area contributed by atoms with E-state index in [0.29, 0.717) is 5.92 Å². The lowest BCUT2D eigenvalue weighted by molar-refractivity contribution is 0.0502. The van der Waals surface area contributed by atoms with Crippen LogP contribution in [-0.2, 0) is 11.2 Å². The Hall–Kier alpha value is -1.80. The number of benzene rings is 2. The van der Waals surface area contributed by atoms with Crippen molar-refractivity contribution in [2.75, 3.05) is 13.9 Å². The number of rotatable bonds is 6. The lowest BCUT2D eigenvalue weighted by atomic mass is 9.89. The smallest absolute Gasteiger partial charge is 0.188 e. The number of hydrogen-bond acceptors (Lipinski definition) is 2. The Bertz CT molecular complexity index is 714. The highest BCUT2D eigenvalue weighted by molar-refractivity contribution is 5.48. The van der Waals surface area contributed by atoms with Gasteiger partial charge in [0.15, 0.2) is 6.79 Å². The minimum atomic E-state index is 0.279. The fourth-order valence-corrected chi connectivity index (χ4v) is 3.11. The van der Waals surface area contributed by atoms with Gasteiger partial charge in [0, 0.05) is 7.11 Å². The summed E-state index contributed by atoms with van der Waals surface area (Å²) in [6.07, 6.45) is 0.934. The van der Waals surface area contributed by atoms with Gasteiger partial charge in [-0.1, -0.05) is 32.0 Å². The van der Waals surface area contributed by atoms with Crippen LogP contribution in [0.15, 0.2) is 24.3 Å². The molecular weight excluding hydrogens is 296 g/mol. The summed E-state index contributed by atoms with van der Waals surface area (Å²) in [7, 11) is 1.64. The van der Waals surface area contributed by atoms with Gasteiger partial charge in [0.1, 0.15) is 5.75 Å². The van der Waals surface area contributed by atoms with E-state index in [-0.39, 0.29) is 6.79 Å². The van der Waals surface area contributed by atoms with Crippen LogP contribution in [0, 0.1) is 27.7 Å². The second-order valence-electron chi connectivity index (χ2n) is 6.84. The zero-order valence-corrected chi connectivity index (χ0v) is 15.8. The molecule has 0 amide bonds. The highest BCUT2D eigenvalue weighted by Gasteiger charge is 2.12. The van der Waals surface area contributed by atoms with Crippen molar-refractivity contribution in [2.24, 2.45) is 0 Å². The molecule has 0 aliphatic heterocycles. The van der Waals surface area contributed by atoms with E-state index in [1.54, 1.807) is 7.11 Å². The summed E-state index contributed by atoms with van der Waals surface area (Å²) in [5.41, 5.74) is 9.02. The van der Waals surface area contributed by atoms with Crippen molar-refractivity contribution in [2.45, 2.75) is 47.0 Å². The molecular formula is C22H29O2. The minimum Gasteiger partial charge on any atom is -0.467 e. The Morgan fingerprint density at radius 1 is 1.04 bits per heavy atom. The summed E-state index contributed by atoms with van der Waals surface area (Å²) in [6.45, 7) is 15.3. The average molecular weight is 325 g/mol. The normalized spacial score (nSPS) is 11.2. The lowest BCUT2D eigenvalue weighted by Gasteiger charge is -2.18. The summed E-state index contributed by atoms with van der Waals surface area (Å²) >= 11 is 0. The van der Waals surface area contributed by atoms with Crippen molar-refractivity contribution < 1.29 is 9.47 Å². The van der Waals surface area contributed by atoms with Gasteiger partial charge in [-0.3, -0.25) is 0 Å². The highest BCUT2D eigenvalue weighted by Crippen LogP contribution is 2.30. The molecule has 0 atom stereocenters. The van der Waals surface area contributed by atoms with Gasteiger partial charge in [0.05, 0.1) is 0 Å². The average Bonchev–Trinajstić information content (AvgIpc) is 2.55. The van der Waals surface area contributed by atoms with E-state index in [0.717, 1.165) is 17.7 Å². The molecule has 0 fully saturated rings. The van der Waals surface area contributed by atoms with Crippen LogP contribution in [0.5, 0.6) is 5.75 Å². The van der Waals surface area contributed by atoms with Crippen molar-refractivity contribution in [1.82, 2.24) is 0 Å². The number of methoxy groups -OCH3 is 1. The van der Waals surface area contributed by atoms with E-state index in [1.165, 1.54) is 33.4 Å². The minimum absolute atomic E-state index is 0.279. The third kappa shape index (κ3) is 3.99. The van der Waals surface area contributed by atoms with Crippen molar-refractivity contribution in [1.29, 1.82) is 0 Å². The molecule has 0 N–H and O–H groups in total. The van der Waals surface area contributed by atoms with Crippen LogP contribution in [0.2, 0.25) is 0 Å². The van der Waals surface area contributed by atoms with Crippen LogP contribution < -0.4 is 4.74 Å². The summed E-state index contributed by atoms with van der Waals surface area (Å²) in [5.74, 6) is 1.32. The molecule has 0 aliphatic rings. The van der Waals surface area contributed by atoms with E-state index in [4.69, 9.17) is 9.47 Å². The Kier molecular flexibility index (Phi) is 6.06. The van der Waals surface area contributed by atoms with Gasteiger partial charge in [-0.2, -0.15) is 0 Å².